The van der Waals surface area contributed by atoms with E-state index in [1.807, 2.05) is 6.92 Å². The molecule has 0 aliphatic rings. The van der Waals surface area contributed by atoms with Crippen LogP contribution in [0.5, 0.6) is 17.2 Å². The van der Waals surface area contributed by atoms with E-state index < -0.39 is 17.8 Å². The summed E-state index contributed by atoms with van der Waals surface area (Å²) in [7, 11) is 3.31. The minimum atomic E-state index is -1.33. The predicted octanol–water partition coefficient (Wildman–Crippen LogP) is 3.02. The van der Waals surface area contributed by atoms with Crippen molar-refractivity contribution in [3.05, 3.63) is 60.2 Å². The first-order valence-corrected chi connectivity index (χ1v) is 10.6. The number of aromatic nitrogens is 5. The Hall–Kier alpha value is -4.78. The highest BCUT2D eigenvalue weighted by molar-refractivity contribution is 6.04. The van der Waals surface area contributed by atoms with Crippen molar-refractivity contribution in [2.75, 3.05) is 19.0 Å². The van der Waals surface area contributed by atoms with Crippen molar-refractivity contribution in [1.82, 2.24) is 24.9 Å². The van der Waals surface area contributed by atoms with Crippen LogP contribution in [0.3, 0.4) is 0 Å². The maximum Gasteiger partial charge on any atom is 0.394 e. The molecule has 0 bridgehead atoms. The van der Waals surface area contributed by atoms with Crippen LogP contribution in [0.2, 0.25) is 0 Å². The number of nitrogens with one attached hydrogen (secondary N) is 1. The van der Waals surface area contributed by atoms with E-state index in [2.05, 4.69) is 30.1 Å². The summed E-state index contributed by atoms with van der Waals surface area (Å²) < 4.78 is 23.1. The minimum absolute atomic E-state index is 0.0231. The van der Waals surface area contributed by atoms with Crippen LogP contribution in [-0.2, 0) is 11.8 Å². The van der Waals surface area contributed by atoms with Crippen LogP contribution < -0.4 is 14.8 Å². The molecule has 13 heteroatoms. The molecule has 3 heterocycles. The van der Waals surface area contributed by atoms with Crippen LogP contribution in [0.15, 0.2) is 53.3 Å². The first-order chi connectivity index (χ1) is 17.3. The SMILES string of the molecule is COC[C@H](C)Oc1cc(Oc2ccc(-c3noc(C(=O)O)n3)nc2)cc(C(=O)Nc2ccn(C)n2)c1. The van der Waals surface area contributed by atoms with E-state index in [4.69, 9.17) is 19.3 Å². The topological polar surface area (TPSA) is 164 Å². The molecule has 186 valence electrons. The molecule has 0 saturated carbocycles. The molecule has 1 atom stereocenters. The lowest BCUT2D eigenvalue weighted by molar-refractivity contribution is 0.0643. The number of carbonyl (C=O) groups is 2. The first-order valence-electron chi connectivity index (χ1n) is 10.6. The highest BCUT2D eigenvalue weighted by Gasteiger charge is 2.17. The van der Waals surface area contributed by atoms with E-state index >= 15 is 0 Å². The highest BCUT2D eigenvalue weighted by atomic mass is 16.5. The molecule has 2 N–H and O–H groups in total. The van der Waals surface area contributed by atoms with Crippen LogP contribution in [-0.4, -0.2) is 61.7 Å². The number of aryl methyl sites for hydroxylation is 1. The number of rotatable bonds is 10. The van der Waals surface area contributed by atoms with Gasteiger partial charge in [0.1, 0.15) is 29.0 Å². The van der Waals surface area contributed by atoms with Gasteiger partial charge in [-0.25, -0.2) is 9.78 Å². The molecule has 13 nitrogen and oxygen atoms in total. The molecule has 36 heavy (non-hydrogen) atoms. The van der Waals surface area contributed by atoms with Crippen molar-refractivity contribution in [2.24, 2.45) is 7.05 Å². The van der Waals surface area contributed by atoms with Gasteiger partial charge < -0.3 is 29.2 Å². The molecule has 0 radical (unpaired) electrons. The number of carboxylic acid groups (broad SMARTS) is 1. The predicted molar refractivity (Wildman–Crippen MR) is 124 cm³/mol. The van der Waals surface area contributed by atoms with Gasteiger partial charge in [0.2, 0.25) is 5.82 Å². The molecule has 0 spiro atoms. The molecule has 0 aliphatic heterocycles. The summed E-state index contributed by atoms with van der Waals surface area (Å²) in [4.78, 5) is 31.7. The Balaban J connectivity index is 1.56. The van der Waals surface area contributed by atoms with Gasteiger partial charge in [-0.2, -0.15) is 10.1 Å². The van der Waals surface area contributed by atoms with Crippen LogP contribution in [0.4, 0.5) is 5.82 Å². The van der Waals surface area contributed by atoms with Gasteiger partial charge in [0.15, 0.2) is 5.82 Å². The summed E-state index contributed by atoms with van der Waals surface area (Å²) in [5, 5.41) is 19.4. The van der Waals surface area contributed by atoms with Crippen LogP contribution >= 0.6 is 0 Å². The number of amides is 1. The fourth-order valence-corrected chi connectivity index (χ4v) is 3.12. The molecule has 0 saturated heterocycles. The molecule has 4 aromatic rings. The van der Waals surface area contributed by atoms with Gasteiger partial charge in [-0.1, -0.05) is 5.16 Å². The fourth-order valence-electron chi connectivity index (χ4n) is 3.12. The molecule has 3 aromatic heterocycles. The third-order valence-electron chi connectivity index (χ3n) is 4.65. The van der Waals surface area contributed by atoms with Crippen LogP contribution in [0.1, 0.15) is 28.0 Å². The maximum atomic E-state index is 12.9. The monoisotopic (exact) mass is 494 g/mol. The number of pyridine rings is 1. The molecular weight excluding hydrogens is 472 g/mol. The number of anilines is 1. The zero-order chi connectivity index (χ0) is 25.7. The van der Waals surface area contributed by atoms with Gasteiger partial charge >= 0.3 is 11.9 Å². The summed E-state index contributed by atoms with van der Waals surface area (Å²) in [6, 6.07) is 9.59. The highest BCUT2D eigenvalue weighted by Crippen LogP contribution is 2.29. The van der Waals surface area contributed by atoms with Gasteiger partial charge in [-0.05, 0) is 31.2 Å². The van der Waals surface area contributed by atoms with E-state index in [0.717, 1.165) is 0 Å². The van der Waals surface area contributed by atoms with Crippen LogP contribution in [0.25, 0.3) is 11.5 Å². The molecule has 1 aromatic carbocycles. The number of carboxylic acids is 1. The minimum Gasteiger partial charge on any atom is -0.488 e. The first kappa shape index (κ1) is 24.3. The number of hydrogen-bond donors (Lipinski definition) is 2. The Morgan fingerprint density at radius 2 is 1.97 bits per heavy atom. The number of nitrogens with zero attached hydrogens (tertiary/aromatic N) is 5. The number of benzene rings is 1. The number of ether oxygens (including phenoxy) is 3. The van der Waals surface area contributed by atoms with Gasteiger partial charge in [0, 0.05) is 38.1 Å². The lowest BCUT2D eigenvalue weighted by atomic mass is 10.2. The average molecular weight is 494 g/mol. The standard InChI is InChI=1S/C23H22N6O7/c1-13(12-33-3)34-16-8-14(21(30)25-19-6-7-29(2)27-19)9-17(10-16)35-15-4-5-18(24-11-15)20-26-22(23(31)32)36-28-20/h4-11,13H,12H2,1-3H3,(H,31,32)(H,25,27,30)/t13-/m0/s1. The number of carbonyl (C=O) groups excluding carboxylic acids is 1. The second-order valence-electron chi connectivity index (χ2n) is 7.62. The summed E-state index contributed by atoms with van der Waals surface area (Å²) in [5.41, 5.74) is 0.579. The second kappa shape index (κ2) is 10.7. The van der Waals surface area contributed by atoms with E-state index in [9.17, 15) is 9.59 Å². The zero-order valence-electron chi connectivity index (χ0n) is 19.5. The normalized spacial score (nSPS) is 11.6. The molecule has 0 aliphatic carbocycles. The Bertz CT molecular complexity index is 1370. The smallest absolute Gasteiger partial charge is 0.394 e. The van der Waals surface area contributed by atoms with Gasteiger partial charge in [-0.3, -0.25) is 9.48 Å². The van der Waals surface area contributed by atoms with E-state index in [-0.39, 0.29) is 17.5 Å². The second-order valence-corrected chi connectivity index (χ2v) is 7.62. The fraction of sp³-hybridized carbons (Fsp3) is 0.217. The van der Waals surface area contributed by atoms with Gasteiger partial charge in [0.05, 0.1) is 12.8 Å². The Morgan fingerprint density at radius 3 is 2.61 bits per heavy atom. The lowest BCUT2D eigenvalue weighted by Gasteiger charge is -2.16. The Morgan fingerprint density at radius 1 is 1.17 bits per heavy atom. The molecular formula is C23H22N6O7. The van der Waals surface area contributed by atoms with E-state index in [1.54, 1.807) is 61.4 Å². The van der Waals surface area contributed by atoms with Crippen molar-refractivity contribution < 1.29 is 33.4 Å². The van der Waals surface area contributed by atoms with Crippen molar-refractivity contribution >= 4 is 17.7 Å². The molecule has 4 rings (SSSR count). The van der Waals surface area contributed by atoms with E-state index in [0.29, 0.717) is 35.4 Å². The summed E-state index contributed by atoms with van der Waals surface area (Å²) in [5.74, 6) is -0.776. The molecule has 0 unspecified atom stereocenters. The Labute approximate surface area is 204 Å². The molecule has 1 amide bonds. The van der Waals surface area contributed by atoms with E-state index in [1.165, 1.54) is 6.20 Å². The summed E-state index contributed by atoms with van der Waals surface area (Å²) in [6.07, 6.45) is 2.84. The van der Waals surface area contributed by atoms with Crippen LogP contribution in [0, 0.1) is 0 Å². The summed E-state index contributed by atoms with van der Waals surface area (Å²) in [6.45, 7) is 2.19. The van der Waals surface area contributed by atoms with Crippen molar-refractivity contribution in [1.29, 1.82) is 0 Å². The average Bonchev–Trinajstić information content (AvgIpc) is 3.49. The third kappa shape index (κ3) is 6.01. The van der Waals surface area contributed by atoms with Crippen molar-refractivity contribution in [3.63, 3.8) is 0 Å². The maximum absolute atomic E-state index is 12.9. The third-order valence-corrected chi connectivity index (χ3v) is 4.65. The quantitative estimate of drug-likeness (QED) is 0.333. The summed E-state index contributed by atoms with van der Waals surface area (Å²) >= 11 is 0. The number of hydrogen-bond acceptors (Lipinski definition) is 10. The van der Waals surface area contributed by atoms with Gasteiger partial charge in [-0.15, -0.1) is 0 Å². The van der Waals surface area contributed by atoms with Crippen molar-refractivity contribution in [3.8, 4) is 28.8 Å². The Kier molecular flexibility index (Phi) is 7.20. The zero-order valence-corrected chi connectivity index (χ0v) is 19.5. The molecule has 0 fully saturated rings. The largest absolute Gasteiger partial charge is 0.488 e. The van der Waals surface area contributed by atoms with Crippen molar-refractivity contribution in [2.45, 2.75) is 13.0 Å². The number of aromatic carboxylic acids is 1. The lowest BCUT2D eigenvalue weighted by Crippen LogP contribution is -2.18. The number of methoxy groups -OCH3 is 1. The van der Waals surface area contributed by atoms with Gasteiger partial charge in [0.25, 0.3) is 5.91 Å².